The van der Waals surface area contributed by atoms with E-state index in [4.69, 9.17) is 0 Å². The minimum atomic E-state index is -0.873. The summed E-state index contributed by atoms with van der Waals surface area (Å²) in [7, 11) is 0. The normalized spacial score (nSPS) is 11.9. The Labute approximate surface area is 124 Å². The largest absolute Gasteiger partial charge is 0.387 e. The van der Waals surface area contributed by atoms with Gasteiger partial charge in [0.05, 0.1) is 11.7 Å². The van der Waals surface area contributed by atoms with Crippen LogP contribution in [0.15, 0.2) is 53.0 Å². The second kappa shape index (κ2) is 6.63. The van der Waals surface area contributed by atoms with Gasteiger partial charge in [-0.1, -0.05) is 24.3 Å². The molecule has 104 valence electrons. The van der Waals surface area contributed by atoms with E-state index in [0.717, 1.165) is 0 Å². The fraction of sp³-hybridized carbons (Fsp3) is 0.133. The van der Waals surface area contributed by atoms with Crippen molar-refractivity contribution in [3.8, 4) is 0 Å². The minimum Gasteiger partial charge on any atom is -0.387 e. The summed E-state index contributed by atoms with van der Waals surface area (Å²) < 4.78 is 13.5. The molecule has 0 bridgehead atoms. The van der Waals surface area contributed by atoms with E-state index in [9.17, 15) is 14.3 Å². The first kappa shape index (κ1) is 14.7. The molecule has 0 aliphatic rings. The molecule has 20 heavy (non-hydrogen) atoms. The Kier molecular flexibility index (Phi) is 4.87. The molecule has 1 amide bonds. The first-order valence-electron chi connectivity index (χ1n) is 6.04. The SMILES string of the molecule is O=C(NCC(O)c1ccc(F)cc1)c1ccccc1Br. The van der Waals surface area contributed by atoms with Crippen molar-refractivity contribution in [1.82, 2.24) is 5.32 Å². The number of aliphatic hydroxyl groups excluding tert-OH is 1. The molecule has 1 unspecified atom stereocenters. The number of hydrogen-bond donors (Lipinski definition) is 2. The van der Waals surface area contributed by atoms with Gasteiger partial charge in [0.25, 0.3) is 5.91 Å². The number of benzene rings is 2. The fourth-order valence-electron chi connectivity index (χ4n) is 1.73. The highest BCUT2D eigenvalue weighted by molar-refractivity contribution is 9.10. The summed E-state index contributed by atoms with van der Waals surface area (Å²) in [5.41, 5.74) is 1.05. The Bertz CT molecular complexity index is 601. The van der Waals surface area contributed by atoms with E-state index in [1.807, 2.05) is 6.07 Å². The summed E-state index contributed by atoms with van der Waals surface area (Å²) in [5.74, 6) is -0.642. The lowest BCUT2D eigenvalue weighted by Crippen LogP contribution is -2.28. The highest BCUT2D eigenvalue weighted by Gasteiger charge is 2.12. The number of hydrogen-bond acceptors (Lipinski definition) is 2. The van der Waals surface area contributed by atoms with E-state index in [0.29, 0.717) is 15.6 Å². The molecule has 0 saturated carbocycles. The molecule has 2 N–H and O–H groups in total. The van der Waals surface area contributed by atoms with Crippen LogP contribution >= 0.6 is 15.9 Å². The number of carbonyl (C=O) groups excluding carboxylic acids is 1. The summed E-state index contributed by atoms with van der Waals surface area (Å²) in [6, 6.07) is 12.6. The number of carbonyl (C=O) groups is 1. The molecule has 0 aliphatic carbocycles. The van der Waals surface area contributed by atoms with Gasteiger partial charge in [0, 0.05) is 11.0 Å². The van der Waals surface area contributed by atoms with Crippen molar-refractivity contribution in [2.45, 2.75) is 6.10 Å². The maximum atomic E-state index is 12.8. The molecule has 2 rings (SSSR count). The smallest absolute Gasteiger partial charge is 0.252 e. The highest BCUT2D eigenvalue weighted by Crippen LogP contribution is 2.16. The maximum Gasteiger partial charge on any atom is 0.252 e. The van der Waals surface area contributed by atoms with Gasteiger partial charge >= 0.3 is 0 Å². The van der Waals surface area contributed by atoms with Crippen molar-refractivity contribution in [1.29, 1.82) is 0 Å². The molecule has 0 heterocycles. The number of amides is 1. The summed E-state index contributed by atoms with van der Waals surface area (Å²) in [5, 5.41) is 12.6. The van der Waals surface area contributed by atoms with Gasteiger partial charge in [0.1, 0.15) is 5.82 Å². The van der Waals surface area contributed by atoms with Gasteiger partial charge in [0.15, 0.2) is 0 Å². The van der Waals surface area contributed by atoms with Crippen LogP contribution in [0.3, 0.4) is 0 Å². The Morgan fingerprint density at radius 3 is 2.50 bits per heavy atom. The minimum absolute atomic E-state index is 0.0613. The number of rotatable bonds is 4. The zero-order chi connectivity index (χ0) is 14.5. The fourth-order valence-corrected chi connectivity index (χ4v) is 2.20. The van der Waals surface area contributed by atoms with E-state index >= 15 is 0 Å². The summed E-state index contributed by atoms with van der Waals surface area (Å²) in [6.07, 6.45) is -0.873. The van der Waals surface area contributed by atoms with Crippen LogP contribution in [0.5, 0.6) is 0 Å². The second-order valence-electron chi connectivity index (χ2n) is 4.26. The molecule has 0 aromatic heterocycles. The molecule has 3 nitrogen and oxygen atoms in total. The zero-order valence-electron chi connectivity index (χ0n) is 10.5. The third-order valence-corrected chi connectivity index (χ3v) is 3.52. The van der Waals surface area contributed by atoms with Gasteiger partial charge < -0.3 is 10.4 Å². The predicted molar refractivity (Wildman–Crippen MR) is 77.8 cm³/mol. The van der Waals surface area contributed by atoms with Crippen LogP contribution in [0, 0.1) is 5.82 Å². The number of aliphatic hydroxyl groups is 1. The molecule has 1 atom stereocenters. The van der Waals surface area contributed by atoms with Crippen molar-refractivity contribution in [3.63, 3.8) is 0 Å². The number of nitrogens with one attached hydrogen (secondary N) is 1. The molecule has 0 aliphatic heterocycles. The highest BCUT2D eigenvalue weighted by atomic mass is 79.9. The van der Waals surface area contributed by atoms with Gasteiger partial charge in [-0.15, -0.1) is 0 Å². The summed E-state index contributed by atoms with van der Waals surface area (Å²) >= 11 is 3.29. The van der Waals surface area contributed by atoms with E-state index < -0.39 is 6.10 Å². The van der Waals surface area contributed by atoms with Crippen LogP contribution in [0.25, 0.3) is 0 Å². The summed E-state index contributed by atoms with van der Waals surface area (Å²) in [4.78, 5) is 11.9. The topological polar surface area (TPSA) is 49.3 Å². The van der Waals surface area contributed by atoms with Crippen LogP contribution in [-0.2, 0) is 0 Å². The zero-order valence-corrected chi connectivity index (χ0v) is 12.1. The van der Waals surface area contributed by atoms with Crippen LogP contribution < -0.4 is 5.32 Å². The molecule has 0 spiro atoms. The molecular weight excluding hydrogens is 325 g/mol. The summed E-state index contributed by atoms with van der Waals surface area (Å²) in [6.45, 7) is 0.0613. The molecule has 0 radical (unpaired) electrons. The third kappa shape index (κ3) is 3.65. The van der Waals surface area contributed by atoms with E-state index in [1.54, 1.807) is 18.2 Å². The van der Waals surface area contributed by atoms with Gasteiger partial charge in [-0.2, -0.15) is 0 Å². The molecule has 2 aromatic rings. The van der Waals surface area contributed by atoms with Crippen molar-refractivity contribution < 1.29 is 14.3 Å². The van der Waals surface area contributed by atoms with Crippen molar-refractivity contribution in [2.24, 2.45) is 0 Å². The van der Waals surface area contributed by atoms with Crippen LogP contribution in [-0.4, -0.2) is 17.6 Å². The molecular formula is C15H13BrFNO2. The Hall–Kier alpha value is -1.72. The third-order valence-electron chi connectivity index (χ3n) is 2.83. The average Bonchev–Trinajstić information content (AvgIpc) is 2.45. The van der Waals surface area contributed by atoms with Crippen molar-refractivity contribution in [2.75, 3.05) is 6.54 Å². The van der Waals surface area contributed by atoms with Gasteiger partial charge in [-0.25, -0.2) is 4.39 Å². The van der Waals surface area contributed by atoms with Gasteiger partial charge in [0.2, 0.25) is 0 Å². The molecule has 2 aromatic carbocycles. The van der Waals surface area contributed by atoms with Gasteiger partial charge in [-0.3, -0.25) is 4.79 Å². The van der Waals surface area contributed by atoms with E-state index in [1.165, 1.54) is 24.3 Å². The average molecular weight is 338 g/mol. The van der Waals surface area contributed by atoms with Crippen LogP contribution in [0.4, 0.5) is 4.39 Å². The molecule has 0 fully saturated rings. The lowest BCUT2D eigenvalue weighted by atomic mass is 10.1. The van der Waals surface area contributed by atoms with Crippen LogP contribution in [0.2, 0.25) is 0 Å². The quantitative estimate of drug-likeness (QED) is 0.900. The van der Waals surface area contributed by atoms with Gasteiger partial charge in [-0.05, 0) is 45.8 Å². The Morgan fingerprint density at radius 2 is 1.85 bits per heavy atom. The molecule has 5 heteroatoms. The standard InChI is InChI=1S/C15H13BrFNO2/c16-13-4-2-1-3-12(13)15(20)18-9-14(19)10-5-7-11(17)8-6-10/h1-8,14,19H,9H2,(H,18,20). The monoisotopic (exact) mass is 337 g/mol. The second-order valence-corrected chi connectivity index (χ2v) is 5.11. The maximum absolute atomic E-state index is 12.8. The first-order chi connectivity index (χ1) is 9.58. The van der Waals surface area contributed by atoms with Crippen molar-refractivity contribution >= 4 is 21.8 Å². The van der Waals surface area contributed by atoms with Crippen molar-refractivity contribution in [3.05, 3.63) is 69.9 Å². The predicted octanol–water partition coefficient (Wildman–Crippen LogP) is 3.05. The Balaban J connectivity index is 1.97. The lowest BCUT2D eigenvalue weighted by molar-refractivity contribution is 0.0915. The van der Waals surface area contributed by atoms with Crippen LogP contribution in [0.1, 0.15) is 22.0 Å². The Morgan fingerprint density at radius 1 is 1.20 bits per heavy atom. The van der Waals surface area contributed by atoms with E-state index in [2.05, 4.69) is 21.2 Å². The lowest BCUT2D eigenvalue weighted by Gasteiger charge is -2.12. The first-order valence-corrected chi connectivity index (χ1v) is 6.83. The molecule has 0 saturated heterocycles. The van der Waals surface area contributed by atoms with E-state index in [-0.39, 0.29) is 18.3 Å². The number of halogens is 2.